The first kappa shape index (κ1) is 19.9. The fourth-order valence-corrected chi connectivity index (χ4v) is 5.07. The second kappa shape index (κ2) is 7.65. The van der Waals surface area contributed by atoms with E-state index in [0.29, 0.717) is 0 Å². The highest BCUT2D eigenvalue weighted by Gasteiger charge is 2.27. The Morgan fingerprint density at radius 2 is 1.59 bits per heavy atom. The van der Waals surface area contributed by atoms with E-state index in [0.717, 1.165) is 49.1 Å². The molecular formula is C18H19F2NO4S2. The molecule has 9 heteroatoms. The van der Waals surface area contributed by atoms with Crippen LogP contribution in [0.4, 0.5) is 8.78 Å². The first-order valence-corrected chi connectivity index (χ1v) is 11.4. The molecule has 0 spiro atoms. The number of rotatable bonds is 6. The number of hydrogen-bond acceptors (Lipinski definition) is 4. The minimum Gasteiger partial charge on any atom is -0.218 e. The van der Waals surface area contributed by atoms with Crippen LogP contribution in [0.1, 0.15) is 29.9 Å². The van der Waals surface area contributed by atoms with E-state index in [1.807, 2.05) is 24.3 Å². The fourth-order valence-electron chi connectivity index (χ4n) is 3.27. The van der Waals surface area contributed by atoms with Gasteiger partial charge in [-0.25, -0.2) is 21.6 Å². The standard InChI is InChI=1S/C18H19F2NO4S2/c19-18(20)26(22,23)15-8-10-16(11-9-15)27(24,25)21-12-14-6-3-5-13-4-1-2-7-17(13)14/h1-2,4,7-11,14,18,21H,3,5-6,12H2. The second-order valence-electron chi connectivity index (χ2n) is 6.42. The first-order valence-electron chi connectivity index (χ1n) is 8.41. The molecule has 1 N–H and O–H groups in total. The third kappa shape index (κ3) is 4.20. The van der Waals surface area contributed by atoms with Gasteiger partial charge in [-0.05, 0) is 60.6 Å². The lowest BCUT2D eigenvalue weighted by Gasteiger charge is -2.25. The van der Waals surface area contributed by atoms with E-state index in [2.05, 4.69) is 4.72 Å². The van der Waals surface area contributed by atoms with Crippen LogP contribution in [-0.4, -0.2) is 29.1 Å². The predicted molar refractivity (Wildman–Crippen MR) is 96.9 cm³/mol. The van der Waals surface area contributed by atoms with E-state index in [1.165, 1.54) is 5.56 Å². The number of aryl methyl sites for hydroxylation is 1. The Labute approximate surface area is 157 Å². The summed E-state index contributed by atoms with van der Waals surface area (Å²) in [5.74, 6) is -3.49. The summed E-state index contributed by atoms with van der Waals surface area (Å²) in [5, 5.41) is 0. The monoisotopic (exact) mass is 415 g/mol. The first-order chi connectivity index (χ1) is 12.7. The van der Waals surface area contributed by atoms with Crippen LogP contribution in [0.5, 0.6) is 0 Å². The summed E-state index contributed by atoms with van der Waals surface area (Å²) in [5.41, 5.74) is 2.35. The van der Waals surface area contributed by atoms with Crippen LogP contribution in [0.3, 0.4) is 0 Å². The average molecular weight is 415 g/mol. The largest absolute Gasteiger partial charge is 0.341 e. The molecule has 1 aliphatic rings. The number of alkyl halides is 2. The van der Waals surface area contributed by atoms with Gasteiger partial charge in [0.25, 0.3) is 0 Å². The number of halogens is 2. The van der Waals surface area contributed by atoms with Crippen molar-refractivity contribution in [3.8, 4) is 0 Å². The molecule has 146 valence electrons. The van der Waals surface area contributed by atoms with E-state index in [-0.39, 0.29) is 17.4 Å². The Bertz CT molecular complexity index is 1020. The third-order valence-corrected chi connectivity index (χ3v) is 7.55. The normalized spacial score (nSPS) is 17.7. The summed E-state index contributed by atoms with van der Waals surface area (Å²) in [4.78, 5) is -0.780. The highest BCUT2D eigenvalue weighted by molar-refractivity contribution is 7.91. The second-order valence-corrected chi connectivity index (χ2v) is 10.1. The Morgan fingerprint density at radius 1 is 0.963 bits per heavy atom. The van der Waals surface area contributed by atoms with Crippen molar-refractivity contribution in [3.05, 3.63) is 59.7 Å². The lowest BCUT2D eigenvalue weighted by molar-refractivity contribution is 0.234. The highest BCUT2D eigenvalue weighted by Crippen LogP contribution is 2.31. The molecule has 0 saturated heterocycles. The van der Waals surface area contributed by atoms with Crippen LogP contribution < -0.4 is 4.72 Å². The van der Waals surface area contributed by atoms with Gasteiger partial charge in [-0.1, -0.05) is 24.3 Å². The quantitative estimate of drug-likeness (QED) is 0.786. The molecule has 3 rings (SSSR count). The van der Waals surface area contributed by atoms with Crippen molar-refractivity contribution in [1.82, 2.24) is 4.72 Å². The molecule has 1 unspecified atom stereocenters. The zero-order valence-corrected chi connectivity index (χ0v) is 15.9. The zero-order chi connectivity index (χ0) is 19.7. The van der Waals surface area contributed by atoms with Crippen LogP contribution in [0.2, 0.25) is 0 Å². The number of sulfonamides is 1. The van der Waals surface area contributed by atoms with Gasteiger partial charge in [-0.3, -0.25) is 0 Å². The molecule has 27 heavy (non-hydrogen) atoms. The number of fused-ring (bicyclic) bond motifs is 1. The molecule has 2 aromatic rings. The average Bonchev–Trinajstić information content (AvgIpc) is 2.66. The Morgan fingerprint density at radius 3 is 2.26 bits per heavy atom. The number of hydrogen-bond donors (Lipinski definition) is 1. The van der Waals surface area contributed by atoms with Crippen molar-refractivity contribution in [2.24, 2.45) is 0 Å². The predicted octanol–water partition coefficient (Wildman–Crippen LogP) is 3.08. The molecule has 0 amide bonds. The maximum atomic E-state index is 12.6. The molecular weight excluding hydrogens is 396 g/mol. The maximum Gasteiger partial charge on any atom is 0.341 e. The van der Waals surface area contributed by atoms with Gasteiger partial charge in [-0.2, -0.15) is 8.78 Å². The molecule has 0 saturated carbocycles. The minimum absolute atomic E-state index is 0.0585. The lowest BCUT2D eigenvalue weighted by Crippen LogP contribution is -2.30. The summed E-state index contributed by atoms with van der Waals surface area (Å²) in [6.07, 6.45) is 2.81. The van der Waals surface area contributed by atoms with Gasteiger partial charge >= 0.3 is 5.76 Å². The molecule has 1 aliphatic carbocycles. The molecule has 5 nitrogen and oxygen atoms in total. The van der Waals surface area contributed by atoms with Crippen molar-refractivity contribution < 1.29 is 25.6 Å². The molecule has 0 aliphatic heterocycles. The van der Waals surface area contributed by atoms with Crippen LogP contribution in [0.25, 0.3) is 0 Å². The SMILES string of the molecule is O=S(=O)(NCC1CCCc2ccccc21)c1ccc(S(=O)(=O)C(F)F)cc1. The maximum absolute atomic E-state index is 12.6. The molecule has 1 atom stereocenters. The summed E-state index contributed by atoms with van der Waals surface area (Å²) < 4.78 is 75.5. The third-order valence-electron chi connectivity index (χ3n) is 4.71. The van der Waals surface area contributed by atoms with Crippen LogP contribution in [0, 0.1) is 0 Å². The minimum atomic E-state index is -4.75. The van der Waals surface area contributed by atoms with Gasteiger partial charge in [0.2, 0.25) is 19.9 Å². The van der Waals surface area contributed by atoms with Gasteiger partial charge in [0.05, 0.1) is 9.79 Å². The van der Waals surface area contributed by atoms with Gasteiger partial charge < -0.3 is 0 Å². The van der Waals surface area contributed by atoms with E-state index in [9.17, 15) is 25.6 Å². The summed E-state index contributed by atoms with van der Waals surface area (Å²) in [6.45, 7) is 0.219. The Balaban J connectivity index is 1.75. The number of nitrogens with one attached hydrogen (secondary N) is 1. The topological polar surface area (TPSA) is 80.3 Å². The molecule has 0 bridgehead atoms. The van der Waals surface area contributed by atoms with E-state index >= 15 is 0 Å². The van der Waals surface area contributed by atoms with Crippen molar-refractivity contribution in [2.45, 2.75) is 40.7 Å². The summed E-state index contributed by atoms with van der Waals surface area (Å²) in [6, 6.07) is 11.7. The Hall–Kier alpha value is -1.84. The number of sulfone groups is 1. The number of benzene rings is 2. The van der Waals surface area contributed by atoms with Crippen molar-refractivity contribution >= 4 is 19.9 Å². The molecule has 0 heterocycles. The van der Waals surface area contributed by atoms with Gasteiger partial charge in [0, 0.05) is 6.54 Å². The van der Waals surface area contributed by atoms with E-state index in [1.54, 1.807) is 0 Å². The van der Waals surface area contributed by atoms with Crippen molar-refractivity contribution in [2.75, 3.05) is 6.54 Å². The van der Waals surface area contributed by atoms with Crippen LogP contribution in [-0.2, 0) is 26.3 Å². The van der Waals surface area contributed by atoms with Crippen molar-refractivity contribution in [1.29, 1.82) is 0 Å². The molecule has 2 aromatic carbocycles. The van der Waals surface area contributed by atoms with Gasteiger partial charge in [0.1, 0.15) is 0 Å². The molecule has 0 aromatic heterocycles. The lowest BCUT2D eigenvalue weighted by atomic mass is 9.83. The van der Waals surface area contributed by atoms with Crippen molar-refractivity contribution in [3.63, 3.8) is 0 Å². The fraction of sp³-hybridized carbons (Fsp3) is 0.333. The molecule has 0 fully saturated rings. The summed E-state index contributed by atoms with van der Waals surface area (Å²) in [7, 11) is -8.63. The van der Waals surface area contributed by atoms with Crippen LogP contribution >= 0.6 is 0 Å². The highest BCUT2D eigenvalue weighted by atomic mass is 32.2. The van der Waals surface area contributed by atoms with Gasteiger partial charge in [-0.15, -0.1) is 0 Å². The smallest absolute Gasteiger partial charge is 0.218 e. The molecule has 0 radical (unpaired) electrons. The zero-order valence-electron chi connectivity index (χ0n) is 14.3. The van der Waals surface area contributed by atoms with Crippen LogP contribution in [0.15, 0.2) is 58.3 Å². The Kier molecular flexibility index (Phi) is 5.64. The van der Waals surface area contributed by atoms with Gasteiger partial charge in [0.15, 0.2) is 0 Å². The summed E-state index contributed by atoms with van der Waals surface area (Å²) >= 11 is 0. The van der Waals surface area contributed by atoms with E-state index in [4.69, 9.17) is 0 Å². The van der Waals surface area contributed by atoms with E-state index < -0.39 is 30.5 Å².